The Kier molecular flexibility index (Phi) is 7.44. The first-order valence-electron chi connectivity index (χ1n) is 9.81. The fourth-order valence-corrected chi connectivity index (χ4v) is 3.95. The number of pyridine rings is 1. The van der Waals surface area contributed by atoms with E-state index in [1.54, 1.807) is 25.3 Å². The lowest BCUT2D eigenvalue weighted by Crippen LogP contribution is -2.29. The molecule has 0 aliphatic rings. The van der Waals surface area contributed by atoms with Gasteiger partial charge in [0, 0.05) is 31.4 Å². The smallest absolute Gasteiger partial charge is 0.240 e. The van der Waals surface area contributed by atoms with Gasteiger partial charge in [-0.1, -0.05) is 0 Å². The van der Waals surface area contributed by atoms with Crippen LogP contribution in [0.5, 0.6) is 11.5 Å². The van der Waals surface area contributed by atoms with Crippen LogP contribution in [0.1, 0.15) is 11.4 Å². The van der Waals surface area contributed by atoms with Crippen molar-refractivity contribution in [1.82, 2.24) is 19.7 Å². The Morgan fingerprint density at radius 1 is 0.875 bits per heavy atom. The molecule has 0 saturated carbocycles. The fraction of sp³-hybridized carbons (Fsp3) is 0.286. The average Bonchev–Trinajstić information content (AvgIpc) is 2.76. The second kappa shape index (κ2) is 10.2. The summed E-state index contributed by atoms with van der Waals surface area (Å²) in [5, 5.41) is 6.25. The lowest BCUT2D eigenvalue weighted by atomic mass is 10.3. The maximum atomic E-state index is 12.6. The minimum atomic E-state index is -3.71. The molecule has 3 aromatic rings. The van der Waals surface area contributed by atoms with Crippen LogP contribution in [-0.2, 0) is 10.0 Å². The van der Waals surface area contributed by atoms with Crippen molar-refractivity contribution >= 4 is 27.5 Å². The number of hydrogen-bond acceptors (Lipinski definition) is 9. The molecule has 0 bridgehead atoms. The van der Waals surface area contributed by atoms with Gasteiger partial charge >= 0.3 is 0 Å². The number of benzene rings is 1. The van der Waals surface area contributed by atoms with Gasteiger partial charge in [-0.25, -0.2) is 28.1 Å². The first kappa shape index (κ1) is 23.2. The molecule has 10 nitrogen and oxygen atoms in total. The summed E-state index contributed by atoms with van der Waals surface area (Å²) in [7, 11) is -0.771. The lowest BCUT2D eigenvalue weighted by Gasteiger charge is -2.12. The maximum absolute atomic E-state index is 12.6. The number of rotatable bonds is 10. The number of ether oxygens (including phenoxy) is 2. The van der Waals surface area contributed by atoms with Crippen LogP contribution in [0, 0.1) is 13.8 Å². The Bertz CT molecular complexity index is 1190. The van der Waals surface area contributed by atoms with Gasteiger partial charge in [-0.05, 0) is 43.7 Å². The van der Waals surface area contributed by atoms with E-state index >= 15 is 0 Å². The zero-order valence-corrected chi connectivity index (χ0v) is 19.2. The number of hydrogen-bond donors (Lipinski definition) is 3. The van der Waals surface area contributed by atoms with Crippen molar-refractivity contribution in [2.45, 2.75) is 18.7 Å². The van der Waals surface area contributed by atoms with Gasteiger partial charge in [0.25, 0.3) is 0 Å². The van der Waals surface area contributed by atoms with Gasteiger partial charge in [0.1, 0.15) is 23.3 Å². The van der Waals surface area contributed by atoms with Gasteiger partial charge in [0.15, 0.2) is 11.5 Å². The third-order valence-corrected chi connectivity index (χ3v) is 5.86. The number of methoxy groups -OCH3 is 2. The molecule has 0 aliphatic carbocycles. The van der Waals surface area contributed by atoms with Crippen molar-refractivity contribution in [2.75, 3.05) is 37.9 Å². The second-order valence-electron chi connectivity index (χ2n) is 6.87. The first-order chi connectivity index (χ1) is 15.3. The number of nitrogens with one attached hydrogen (secondary N) is 3. The number of aromatic nitrogens is 3. The number of anilines is 3. The first-order valence-corrected chi connectivity index (χ1v) is 11.3. The molecule has 3 rings (SSSR count). The summed E-state index contributed by atoms with van der Waals surface area (Å²) >= 11 is 0. The van der Waals surface area contributed by atoms with E-state index in [9.17, 15) is 8.42 Å². The van der Waals surface area contributed by atoms with Crippen LogP contribution in [-0.4, -0.2) is 50.7 Å². The molecule has 0 atom stereocenters. The third-order valence-electron chi connectivity index (χ3n) is 4.40. The molecule has 2 heterocycles. The predicted octanol–water partition coefficient (Wildman–Crippen LogP) is 2.64. The number of sulfonamides is 1. The van der Waals surface area contributed by atoms with Crippen LogP contribution in [0.3, 0.4) is 0 Å². The summed E-state index contributed by atoms with van der Waals surface area (Å²) in [6, 6.07) is 9.98. The van der Waals surface area contributed by atoms with E-state index in [1.807, 2.05) is 19.1 Å². The van der Waals surface area contributed by atoms with Gasteiger partial charge in [-0.2, -0.15) is 0 Å². The number of aryl methyl sites for hydroxylation is 2. The summed E-state index contributed by atoms with van der Waals surface area (Å²) in [4.78, 5) is 13.0. The summed E-state index contributed by atoms with van der Waals surface area (Å²) < 4.78 is 38.0. The van der Waals surface area contributed by atoms with E-state index in [0.717, 1.165) is 5.56 Å². The molecule has 170 valence electrons. The molecule has 0 fully saturated rings. The topological polar surface area (TPSA) is 127 Å². The molecule has 11 heteroatoms. The van der Waals surface area contributed by atoms with Crippen molar-refractivity contribution in [3.8, 4) is 11.5 Å². The standard InChI is InChI=1S/C21H26N6O4S/c1-14-7-8-22-19(11-14)27-21-13-20(25-15(2)26-21)23-9-10-24-32(28,29)16-5-6-17(30-3)18(12-16)31-4/h5-8,11-13,24H,9-10H2,1-4H3,(H2,22,23,25,26,27). The Labute approximate surface area is 187 Å². The van der Waals surface area contributed by atoms with Crippen LogP contribution in [0.4, 0.5) is 17.5 Å². The quantitative estimate of drug-likeness (QED) is 0.393. The van der Waals surface area contributed by atoms with Crippen LogP contribution >= 0.6 is 0 Å². The van der Waals surface area contributed by atoms with E-state index < -0.39 is 10.0 Å². The molecule has 1 aromatic carbocycles. The molecule has 2 aromatic heterocycles. The molecule has 0 aliphatic heterocycles. The van der Waals surface area contributed by atoms with Crippen molar-refractivity contribution in [1.29, 1.82) is 0 Å². The van der Waals surface area contributed by atoms with Gasteiger partial charge in [0.2, 0.25) is 10.0 Å². The molecule has 32 heavy (non-hydrogen) atoms. The highest BCUT2D eigenvalue weighted by Gasteiger charge is 2.16. The van der Waals surface area contributed by atoms with Crippen molar-refractivity contribution in [2.24, 2.45) is 0 Å². The Hall–Kier alpha value is -3.44. The van der Waals surface area contributed by atoms with Crippen molar-refractivity contribution in [3.63, 3.8) is 0 Å². The van der Waals surface area contributed by atoms with E-state index in [2.05, 4.69) is 30.3 Å². The van der Waals surface area contributed by atoms with Crippen LogP contribution in [0.15, 0.2) is 47.5 Å². The Balaban J connectivity index is 1.60. The van der Waals surface area contributed by atoms with Crippen molar-refractivity contribution < 1.29 is 17.9 Å². The highest BCUT2D eigenvalue weighted by atomic mass is 32.2. The van der Waals surface area contributed by atoms with E-state index in [1.165, 1.54) is 26.4 Å². The van der Waals surface area contributed by atoms with E-state index in [4.69, 9.17) is 9.47 Å². The SMILES string of the molecule is COc1ccc(S(=O)(=O)NCCNc2cc(Nc3cc(C)ccn3)nc(C)n2)cc1OC. The molecule has 0 radical (unpaired) electrons. The Morgan fingerprint density at radius 3 is 2.34 bits per heavy atom. The van der Waals surface area contributed by atoms with Crippen LogP contribution < -0.4 is 24.8 Å². The zero-order chi connectivity index (χ0) is 23.1. The highest BCUT2D eigenvalue weighted by Crippen LogP contribution is 2.29. The molecule has 0 amide bonds. The summed E-state index contributed by atoms with van der Waals surface area (Å²) in [5.74, 6) is 3.19. The minimum Gasteiger partial charge on any atom is -0.493 e. The lowest BCUT2D eigenvalue weighted by molar-refractivity contribution is 0.354. The molecule has 0 unspecified atom stereocenters. The van der Waals surface area contributed by atoms with E-state index in [-0.39, 0.29) is 11.4 Å². The maximum Gasteiger partial charge on any atom is 0.240 e. The molecule has 0 saturated heterocycles. The summed E-state index contributed by atoms with van der Waals surface area (Å²) in [6.07, 6.45) is 1.72. The van der Waals surface area contributed by atoms with Crippen LogP contribution in [0.2, 0.25) is 0 Å². The molecule has 3 N–H and O–H groups in total. The molecular weight excluding hydrogens is 432 g/mol. The zero-order valence-electron chi connectivity index (χ0n) is 18.3. The van der Waals surface area contributed by atoms with Gasteiger partial charge < -0.3 is 20.1 Å². The van der Waals surface area contributed by atoms with Crippen LogP contribution in [0.25, 0.3) is 0 Å². The molecule has 0 spiro atoms. The van der Waals surface area contributed by atoms with Gasteiger partial charge in [-0.3, -0.25) is 0 Å². The second-order valence-corrected chi connectivity index (χ2v) is 8.64. The largest absolute Gasteiger partial charge is 0.493 e. The Morgan fingerprint density at radius 2 is 1.62 bits per heavy atom. The monoisotopic (exact) mass is 458 g/mol. The van der Waals surface area contributed by atoms with Gasteiger partial charge in [0.05, 0.1) is 19.1 Å². The predicted molar refractivity (Wildman–Crippen MR) is 122 cm³/mol. The van der Waals surface area contributed by atoms with Gasteiger partial charge in [-0.15, -0.1) is 0 Å². The summed E-state index contributed by atoms with van der Waals surface area (Å²) in [6.45, 7) is 4.24. The highest BCUT2D eigenvalue weighted by molar-refractivity contribution is 7.89. The number of nitrogens with zero attached hydrogens (tertiary/aromatic N) is 3. The van der Waals surface area contributed by atoms with Crippen molar-refractivity contribution in [3.05, 3.63) is 54.0 Å². The average molecular weight is 459 g/mol. The fourth-order valence-electron chi connectivity index (χ4n) is 2.90. The normalized spacial score (nSPS) is 11.1. The summed E-state index contributed by atoms with van der Waals surface area (Å²) in [5.41, 5.74) is 1.08. The third kappa shape index (κ3) is 6.05. The van der Waals surface area contributed by atoms with E-state index in [0.29, 0.717) is 41.3 Å². The molecular formula is C21H26N6O4S. The minimum absolute atomic E-state index is 0.0881.